The molecule has 3 aromatic rings. The first-order chi connectivity index (χ1) is 13.1. The van der Waals surface area contributed by atoms with Crippen molar-refractivity contribution in [3.63, 3.8) is 0 Å². The SMILES string of the molecule is C[C@H]1CCc2[nH]c3ccc(C(=O)NCCNC(=O)c4ccco4)cc3c2C1. The second kappa shape index (κ2) is 7.31. The highest BCUT2D eigenvalue weighted by molar-refractivity contribution is 5.99. The van der Waals surface area contributed by atoms with Crippen LogP contribution in [0.2, 0.25) is 0 Å². The molecule has 140 valence electrons. The summed E-state index contributed by atoms with van der Waals surface area (Å²) >= 11 is 0. The van der Waals surface area contributed by atoms with Gasteiger partial charge < -0.3 is 20.0 Å². The molecule has 0 spiro atoms. The van der Waals surface area contributed by atoms with E-state index in [-0.39, 0.29) is 17.6 Å². The van der Waals surface area contributed by atoms with Gasteiger partial charge in [-0.2, -0.15) is 0 Å². The summed E-state index contributed by atoms with van der Waals surface area (Å²) in [5.41, 5.74) is 4.39. The van der Waals surface area contributed by atoms with Gasteiger partial charge >= 0.3 is 0 Å². The standard InChI is InChI=1S/C21H23N3O3/c1-13-4-6-17-15(11-13)16-12-14(5-7-18(16)24-17)20(25)22-8-9-23-21(26)19-3-2-10-27-19/h2-3,5,7,10,12-13,24H,4,6,8-9,11H2,1H3,(H,22,25)(H,23,26)/t13-/m0/s1. The summed E-state index contributed by atoms with van der Waals surface area (Å²) in [6.07, 6.45) is 4.78. The van der Waals surface area contributed by atoms with Gasteiger partial charge in [-0.3, -0.25) is 9.59 Å². The van der Waals surface area contributed by atoms with Gasteiger partial charge in [-0.15, -0.1) is 0 Å². The van der Waals surface area contributed by atoms with Gasteiger partial charge in [0.25, 0.3) is 11.8 Å². The molecule has 0 saturated carbocycles. The van der Waals surface area contributed by atoms with Gasteiger partial charge in [0.15, 0.2) is 5.76 Å². The number of rotatable bonds is 5. The quantitative estimate of drug-likeness (QED) is 0.607. The lowest BCUT2D eigenvalue weighted by atomic mass is 9.87. The van der Waals surface area contributed by atoms with E-state index < -0.39 is 0 Å². The molecule has 0 radical (unpaired) electrons. The van der Waals surface area contributed by atoms with Crippen LogP contribution in [0.5, 0.6) is 0 Å². The second-order valence-corrected chi connectivity index (χ2v) is 7.18. The number of fused-ring (bicyclic) bond motifs is 3. The molecule has 1 aliphatic rings. The van der Waals surface area contributed by atoms with E-state index in [2.05, 4.69) is 22.5 Å². The summed E-state index contributed by atoms with van der Waals surface area (Å²) in [7, 11) is 0. The molecule has 2 aromatic heterocycles. The molecular weight excluding hydrogens is 342 g/mol. The lowest BCUT2D eigenvalue weighted by Crippen LogP contribution is -2.34. The number of nitrogens with one attached hydrogen (secondary N) is 3. The zero-order valence-corrected chi connectivity index (χ0v) is 15.3. The monoisotopic (exact) mass is 365 g/mol. The van der Waals surface area contributed by atoms with Gasteiger partial charge in [0.2, 0.25) is 0 Å². The number of hydrogen-bond acceptors (Lipinski definition) is 3. The number of hydrogen-bond donors (Lipinski definition) is 3. The van der Waals surface area contributed by atoms with Crippen molar-refractivity contribution in [1.29, 1.82) is 0 Å². The maximum Gasteiger partial charge on any atom is 0.287 e. The van der Waals surface area contributed by atoms with Gasteiger partial charge in [-0.1, -0.05) is 6.92 Å². The van der Waals surface area contributed by atoms with Crippen molar-refractivity contribution < 1.29 is 14.0 Å². The Bertz CT molecular complexity index is 972. The first-order valence-corrected chi connectivity index (χ1v) is 9.35. The highest BCUT2D eigenvalue weighted by Gasteiger charge is 2.20. The van der Waals surface area contributed by atoms with E-state index in [1.165, 1.54) is 23.9 Å². The Labute approximate surface area is 157 Å². The van der Waals surface area contributed by atoms with Crippen LogP contribution >= 0.6 is 0 Å². The zero-order chi connectivity index (χ0) is 18.8. The number of aromatic amines is 1. The van der Waals surface area contributed by atoms with Crippen molar-refractivity contribution in [3.8, 4) is 0 Å². The molecule has 2 amide bonds. The van der Waals surface area contributed by atoms with E-state index in [4.69, 9.17) is 4.42 Å². The van der Waals surface area contributed by atoms with E-state index in [1.54, 1.807) is 12.1 Å². The number of aromatic nitrogens is 1. The number of aryl methyl sites for hydroxylation is 1. The number of amides is 2. The third-order valence-electron chi connectivity index (χ3n) is 5.14. The number of carbonyl (C=O) groups excluding carboxylic acids is 2. The van der Waals surface area contributed by atoms with Crippen LogP contribution in [-0.4, -0.2) is 29.9 Å². The third kappa shape index (κ3) is 3.60. The van der Waals surface area contributed by atoms with Crippen molar-refractivity contribution in [2.45, 2.75) is 26.2 Å². The van der Waals surface area contributed by atoms with E-state index in [0.29, 0.717) is 24.6 Å². The minimum absolute atomic E-state index is 0.136. The molecule has 0 saturated heterocycles. The van der Waals surface area contributed by atoms with Crippen molar-refractivity contribution in [2.75, 3.05) is 13.1 Å². The fraction of sp³-hybridized carbons (Fsp3) is 0.333. The Morgan fingerprint density at radius 3 is 2.78 bits per heavy atom. The zero-order valence-electron chi connectivity index (χ0n) is 15.3. The number of furan rings is 1. The maximum atomic E-state index is 12.5. The minimum Gasteiger partial charge on any atom is -0.459 e. The topological polar surface area (TPSA) is 87.1 Å². The van der Waals surface area contributed by atoms with Crippen LogP contribution in [0.25, 0.3) is 10.9 Å². The van der Waals surface area contributed by atoms with Crippen LogP contribution in [0.4, 0.5) is 0 Å². The summed E-state index contributed by atoms with van der Waals surface area (Å²) in [6, 6.07) is 9.05. The predicted octanol–water partition coefficient (Wildman–Crippen LogP) is 3.05. The first kappa shape index (κ1) is 17.4. The van der Waals surface area contributed by atoms with Crippen molar-refractivity contribution in [3.05, 3.63) is 59.2 Å². The van der Waals surface area contributed by atoms with Gasteiger partial charge in [0, 0.05) is 35.2 Å². The van der Waals surface area contributed by atoms with E-state index in [0.717, 1.165) is 23.7 Å². The number of carbonyl (C=O) groups is 2. The molecule has 0 fully saturated rings. The average molecular weight is 365 g/mol. The molecule has 3 N–H and O–H groups in total. The highest BCUT2D eigenvalue weighted by Crippen LogP contribution is 2.32. The van der Waals surface area contributed by atoms with Crippen LogP contribution < -0.4 is 10.6 Å². The Balaban J connectivity index is 1.38. The van der Waals surface area contributed by atoms with Crippen molar-refractivity contribution >= 4 is 22.7 Å². The predicted molar refractivity (Wildman–Crippen MR) is 103 cm³/mol. The molecule has 6 nitrogen and oxygen atoms in total. The van der Waals surface area contributed by atoms with E-state index in [1.807, 2.05) is 18.2 Å². The smallest absolute Gasteiger partial charge is 0.287 e. The van der Waals surface area contributed by atoms with Gasteiger partial charge in [-0.05, 0) is 61.1 Å². The molecule has 0 bridgehead atoms. The van der Waals surface area contributed by atoms with Crippen LogP contribution in [-0.2, 0) is 12.8 Å². The minimum atomic E-state index is -0.288. The van der Waals surface area contributed by atoms with Crippen molar-refractivity contribution in [2.24, 2.45) is 5.92 Å². The molecular formula is C21H23N3O3. The van der Waals surface area contributed by atoms with E-state index in [9.17, 15) is 9.59 Å². The highest BCUT2D eigenvalue weighted by atomic mass is 16.3. The average Bonchev–Trinajstić information content (AvgIpc) is 3.32. The Hall–Kier alpha value is -3.02. The van der Waals surface area contributed by atoms with Crippen LogP contribution in [0, 0.1) is 5.92 Å². The molecule has 1 aliphatic carbocycles. The van der Waals surface area contributed by atoms with Gasteiger partial charge in [0.05, 0.1) is 6.26 Å². The van der Waals surface area contributed by atoms with Crippen LogP contribution in [0.3, 0.4) is 0 Å². The molecule has 4 rings (SSSR count). The lowest BCUT2D eigenvalue weighted by molar-refractivity contribution is 0.0910. The molecule has 1 atom stereocenters. The van der Waals surface area contributed by atoms with Crippen molar-refractivity contribution in [1.82, 2.24) is 15.6 Å². The summed E-state index contributed by atoms with van der Waals surface area (Å²) in [5.74, 6) is 0.511. The Kier molecular flexibility index (Phi) is 4.71. The van der Waals surface area contributed by atoms with E-state index >= 15 is 0 Å². The lowest BCUT2D eigenvalue weighted by Gasteiger charge is -2.18. The summed E-state index contributed by atoms with van der Waals surface area (Å²) in [5, 5.41) is 6.71. The summed E-state index contributed by atoms with van der Waals surface area (Å²) in [4.78, 5) is 27.7. The first-order valence-electron chi connectivity index (χ1n) is 9.35. The van der Waals surface area contributed by atoms with Crippen LogP contribution in [0.15, 0.2) is 41.0 Å². The molecule has 2 heterocycles. The fourth-order valence-corrected chi connectivity index (χ4v) is 3.68. The number of benzene rings is 1. The fourth-order valence-electron chi connectivity index (χ4n) is 3.68. The molecule has 27 heavy (non-hydrogen) atoms. The van der Waals surface area contributed by atoms with Gasteiger partial charge in [-0.25, -0.2) is 0 Å². The largest absolute Gasteiger partial charge is 0.459 e. The van der Waals surface area contributed by atoms with Crippen LogP contribution in [0.1, 0.15) is 45.5 Å². The maximum absolute atomic E-state index is 12.5. The second-order valence-electron chi connectivity index (χ2n) is 7.18. The summed E-state index contributed by atoms with van der Waals surface area (Å²) < 4.78 is 5.03. The molecule has 0 aliphatic heterocycles. The molecule has 6 heteroatoms. The number of H-pyrrole nitrogens is 1. The molecule has 1 aromatic carbocycles. The normalized spacial score (nSPS) is 16.1. The summed E-state index contributed by atoms with van der Waals surface area (Å²) in [6.45, 7) is 2.96. The molecule has 0 unspecified atom stereocenters. The van der Waals surface area contributed by atoms with Gasteiger partial charge in [0.1, 0.15) is 0 Å². The Morgan fingerprint density at radius 2 is 2.00 bits per heavy atom. The third-order valence-corrected chi connectivity index (χ3v) is 5.14. The Morgan fingerprint density at radius 1 is 1.19 bits per heavy atom.